The highest BCUT2D eigenvalue weighted by atomic mass is 32.1. The molecule has 1 atom stereocenters. The van der Waals surface area contributed by atoms with E-state index in [9.17, 15) is 9.59 Å². The summed E-state index contributed by atoms with van der Waals surface area (Å²) in [6, 6.07) is 3.01. The van der Waals surface area contributed by atoms with Crippen LogP contribution in [-0.4, -0.2) is 40.5 Å². The van der Waals surface area contributed by atoms with Gasteiger partial charge in [0.1, 0.15) is 4.88 Å². The zero-order valence-corrected chi connectivity index (χ0v) is 12.7. The molecule has 0 aliphatic rings. The first-order valence-corrected chi connectivity index (χ1v) is 7.66. The van der Waals surface area contributed by atoms with Gasteiger partial charge in [-0.15, -0.1) is 22.7 Å². The van der Waals surface area contributed by atoms with Crippen molar-refractivity contribution in [3.8, 4) is 0 Å². The summed E-state index contributed by atoms with van der Waals surface area (Å²) in [6.07, 6.45) is 1.75. The van der Waals surface area contributed by atoms with E-state index in [1.165, 1.54) is 6.07 Å². The molecule has 0 spiro atoms. The molecule has 106 valence electrons. The average molecular weight is 310 g/mol. The Bertz CT molecular complexity index is 607. The molecule has 0 aliphatic heterocycles. The zero-order valence-electron chi connectivity index (χ0n) is 11.1. The van der Waals surface area contributed by atoms with Crippen LogP contribution in [0.2, 0.25) is 0 Å². The molecule has 5 nitrogen and oxygen atoms in total. The quantitative estimate of drug-likeness (QED) is 0.922. The lowest BCUT2D eigenvalue weighted by Crippen LogP contribution is -2.29. The summed E-state index contributed by atoms with van der Waals surface area (Å²) in [5.41, 5.74) is 0. The molecule has 2 aromatic heterocycles. The Labute approximate surface area is 124 Å². The van der Waals surface area contributed by atoms with Crippen molar-refractivity contribution in [3.05, 3.63) is 38.5 Å². The molecule has 2 rings (SSSR count). The molecular formula is C13H14N2O3S2. The maximum Gasteiger partial charge on any atom is 0.345 e. The van der Waals surface area contributed by atoms with E-state index >= 15 is 0 Å². The van der Waals surface area contributed by atoms with E-state index in [4.69, 9.17) is 5.11 Å². The summed E-state index contributed by atoms with van der Waals surface area (Å²) < 4.78 is 0. The first-order chi connectivity index (χ1) is 9.49. The number of aromatic carboxylic acids is 1. The lowest BCUT2D eigenvalue weighted by molar-refractivity contribution is 0.0701. The van der Waals surface area contributed by atoms with Gasteiger partial charge in [0.2, 0.25) is 0 Å². The molecule has 1 unspecified atom stereocenters. The molecule has 0 aliphatic carbocycles. The van der Waals surface area contributed by atoms with Crippen molar-refractivity contribution < 1.29 is 14.7 Å². The van der Waals surface area contributed by atoms with Crippen LogP contribution in [0.3, 0.4) is 0 Å². The number of likely N-dealkylation sites (N-methyl/N-ethyl adjacent to an activating group) is 1. The smallest absolute Gasteiger partial charge is 0.345 e. The number of nitrogens with zero attached hydrogens (tertiary/aromatic N) is 2. The van der Waals surface area contributed by atoms with Crippen molar-refractivity contribution in [3.63, 3.8) is 0 Å². The molecular weight excluding hydrogens is 296 g/mol. The normalized spacial score (nSPS) is 12.1. The van der Waals surface area contributed by atoms with Crippen LogP contribution >= 0.6 is 22.7 Å². The lowest BCUT2D eigenvalue weighted by Gasteiger charge is -2.19. The van der Waals surface area contributed by atoms with Crippen molar-refractivity contribution in [2.45, 2.75) is 12.8 Å². The third-order valence-corrected chi connectivity index (χ3v) is 4.86. The SMILES string of the molecule is CC(CN(C)C(=O)c1ccc(C(=O)O)s1)c1nccs1. The van der Waals surface area contributed by atoms with E-state index in [-0.39, 0.29) is 16.7 Å². The van der Waals surface area contributed by atoms with Crippen LogP contribution in [0, 0.1) is 0 Å². The minimum atomic E-state index is -1.01. The van der Waals surface area contributed by atoms with Gasteiger partial charge in [-0.2, -0.15) is 0 Å². The van der Waals surface area contributed by atoms with Crippen molar-refractivity contribution in [1.82, 2.24) is 9.88 Å². The Kier molecular flexibility index (Phi) is 4.51. The summed E-state index contributed by atoms with van der Waals surface area (Å²) in [5, 5.41) is 11.8. The minimum absolute atomic E-state index is 0.155. The van der Waals surface area contributed by atoms with Gasteiger partial charge < -0.3 is 10.0 Å². The molecule has 20 heavy (non-hydrogen) atoms. The number of hydrogen-bond donors (Lipinski definition) is 1. The molecule has 0 saturated heterocycles. The van der Waals surface area contributed by atoms with Crippen LogP contribution in [0.5, 0.6) is 0 Å². The van der Waals surface area contributed by atoms with Gasteiger partial charge in [-0.1, -0.05) is 6.92 Å². The molecule has 0 saturated carbocycles. The van der Waals surface area contributed by atoms with Crippen LogP contribution in [0.4, 0.5) is 0 Å². The van der Waals surface area contributed by atoms with Gasteiger partial charge in [-0.3, -0.25) is 4.79 Å². The van der Waals surface area contributed by atoms with Crippen molar-refractivity contribution in [1.29, 1.82) is 0 Å². The second kappa shape index (κ2) is 6.15. The number of carboxylic acid groups (broad SMARTS) is 1. The Balaban J connectivity index is 2.02. The third-order valence-electron chi connectivity index (χ3n) is 2.79. The van der Waals surface area contributed by atoms with Crippen LogP contribution in [0.1, 0.15) is 37.2 Å². The van der Waals surface area contributed by atoms with Crippen LogP contribution < -0.4 is 0 Å². The number of carbonyl (C=O) groups excluding carboxylic acids is 1. The number of thiophene rings is 1. The highest BCUT2D eigenvalue weighted by molar-refractivity contribution is 7.15. The zero-order chi connectivity index (χ0) is 14.7. The topological polar surface area (TPSA) is 70.5 Å². The van der Waals surface area contributed by atoms with E-state index in [2.05, 4.69) is 4.98 Å². The number of carbonyl (C=O) groups is 2. The van der Waals surface area contributed by atoms with Crippen molar-refractivity contribution >= 4 is 34.6 Å². The van der Waals surface area contributed by atoms with Crippen LogP contribution in [0.25, 0.3) is 0 Å². The highest BCUT2D eigenvalue weighted by Gasteiger charge is 2.19. The highest BCUT2D eigenvalue weighted by Crippen LogP contribution is 2.21. The van der Waals surface area contributed by atoms with Gasteiger partial charge in [-0.05, 0) is 12.1 Å². The Morgan fingerprint density at radius 2 is 2.10 bits per heavy atom. The van der Waals surface area contributed by atoms with Gasteiger partial charge in [0.15, 0.2) is 0 Å². The summed E-state index contributed by atoms with van der Waals surface area (Å²) in [6.45, 7) is 2.56. The second-order valence-corrected chi connectivity index (χ2v) is 6.44. The monoisotopic (exact) mass is 310 g/mol. The number of aromatic nitrogens is 1. The fourth-order valence-corrected chi connectivity index (χ4v) is 3.33. The van der Waals surface area contributed by atoms with Gasteiger partial charge in [-0.25, -0.2) is 9.78 Å². The summed E-state index contributed by atoms with van der Waals surface area (Å²) in [4.78, 5) is 29.5. The molecule has 2 heterocycles. The Morgan fingerprint density at radius 1 is 1.40 bits per heavy atom. The number of carboxylic acids is 1. The maximum atomic E-state index is 12.2. The fraction of sp³-hybridized carbons (Fsp3) is 0.308. The molecule has 2 aromatic rings. The summed E-state index contributed by atoms with van der Waals surface area (Å²) in [7, 11) is 1.71. The van der Waals surface area contributed by atoms with Gasteiger partial charge >= 0.3 is 5.97 Å². The number of amides is 1. The molecule has 0 fully saturated rings. The largest absolute Gasteiger partial charge is 0.477 e. The number of thiazole rings is 1. The standard InChI is InChI=1S/C13H14N2O3S2/c1-8(11-14-5-6-19-11)7-15(2)12(16)9-3-4-10(20-9)13(17)18/h3-6,8H,7H2,1-2H3,(H,17,18). The van der Waals surface area contributed by atoms with Gasteiger partial charge in [0, 0.05) is 31.1 Å². The van der Waals surface area contributed by atoms with Crippen LogP contribution in [0.15, 0.2) is 23.7 Å². The minimum Gasteiger partial charge on any atom is -0.477 e. The van der Waals surface area contributed by atoms with Crippen molar-refractivity contribution in [2.75, 3.05) is 13.6 Å². The third kappa shape index (κ3) is 3.23. The number of rotatable bonds is 5. The predicted molar refractivity (Wildman–Crippen MR) is 78.8 cm³/mol. The molecule has 0 radical (unpaired) electrons. The Hall–Kier alpha value is -1.73. The van der Waals surface area contributed by atoms with E-state index in [1.807, 2.05) is 12.3 Å². The van der Waals surface area contributed by atoms with Crippen molar-refractivity contribution in [2.24, 2.45) is 0 Å². The number of hydrogen-bond acceptors (Lipinski definition) is 5. The first-order valence-electron chi connectivity index (χ1n) is 5.97. The molecule has 1 amide bonds. The molecule has 0 bridgehead atoms. The summed E-state index contributed by atoms with van der Waals surface area (Å²) >= 11 is 2.56. The van der Waals surface area contributed by atoms with Gasteiger partial charge in [0.05, 0.1) is 9.88 Å². The molecule has 0 aromatic carbocycles. The molecule has 1 N–H and O–H groups in total. The van der Waals surface area contributed by atoms with E-state index in [0.29, 0.717) is 11.4 Å². The van der Waals surface area contributed by atoms with E-state index in [1.54, 1.807) is 35.5 Å². The van der Waals surface area contributed by atoms with Gasteiger partial charge in [0.25, 0.3) is 5.91 Å². The predicted octanol–water partition coefficient (Wildman–Crippen LogP) is 2.78. The summed E-state index contributed by atoms with van der Waals surface area (Å²) in [5.74, 6) is -1.01. The van der Waals surface area contributed by atoms with E-state index < -0.39 is 5.97 Å². The van der Waals surface area contributed by atoms with Crippen LogP contribution in [-0.2, 0) is 0 Å². The second-order valence-electron chi connectivity index (χ2n) is 4.43. The lowest BCUT2D eigenvalue weighted by atomic mass is 10.2. The van der Waals surface area contributed by atoms with E-state index in [0.717, 1.165) is 16.3 Å². The average Bonchev–Trinajstić information content (AvgIpc) is 3.08. The molecule has 7 heteroatoms. The first kappa shape index (κ1) is 14.7. The Morgan fingerprint density at radius 3 is 2.65 bits per heavy atom. The fourth-order valence-electron chi connectivity index (χ4n) is 1.81. The maximum absolute atomic E-state index is 12.2.